The quantitative estimate of drug-likeness (QED) is 0.120. The van der Waals surface area contributed by atoms with E-state index in [1.807, 2.05) is 0 Å². The molecule has 0 aliphatic rings. The van der Waals surface area contributed by atoms with Gasteiger partial charge in [-0.1, -0.05) is 18.2 Å². The molecule has 0 atom stereocenters. The second kappa shape index (κ2) is 20.7. The van der Waals surface area contributed by atoms with Crippen LogP contribution in [0.2, 0.25) is 0 Å². The van der Waals surface area contributed by atoms with E-state index in [1.54, 1.807) is 18.2 Å². The van der Waals surface area contributed by atoms with E-state index >= 15 is 0 Å². The van der Waals surface area contributed by atoms with Crippen LogP contribution >= 0.6 is 0 Å². The summed E-state index contributed by atoms with van der Waals surface area (Å²) in [6, 6.07) is 7.95. The van der Waals surface area contributed by atoms with Crippen LogP contribution in [0.25, 0.3) is 0 Å². The Balaban J connectivity index is 1.75. The van der Waals surface area contributed by atoms with Crippen molar-refractivity contribution in [1.29, 1.82) is 0 Å². The summed E-state index contributed by atoms with van der Waals surface area (Å²) in [5, 5.41) is 0. The van der Waals surface area contributed by atoms with Crippen molar-refractivity contribution >= 4 is 16.1 Å². The fourth-order valence-corrected chi connectivity index (χ4v) is 3.22. The number of carbonyl (C=O) groups excluding carboxylic acids is 1. The summed E-state index contributed by atoms with van der Waals surface area (Å²) in [6.07, 6.45) is 0. The Hall–Kier alpha value is -1.64. The molecule has 0 bridgehead atoms. The topological polar surface area (TPSA) is 125 Å². The molecule has 11 nitrogen and oxygen atoms in total. The van der Waals surface area contributed by atoms with Gasteiger partial charge in [-0.05, 0) is 12.1 Å². The zero-order valence-electron chi connectivity index (χ0n) is 19.7. The lowest BCUT2D eigenvalue weighted by molar-refractivity contribution is -0.142. The monoisotopic (exact) mass is 508 g/mol. The zero-order chi connectivity index (χ0) is 24.7. The van der Waals surface area contributed by atoms with E-state index in [4.69, 9.17) is 37.3 Å². The summed E-state index contributed by atoms with van der Waals surface area (Å²) in [5.74, 6) is -0.321. The first-order chi connectivity index (χ1) is 16.5. The standard InChI is InChI=1S/C22H36O11S/c1-21(23)32-19-17-30-15-13-28-11-9-26-7-8-27-10-12-29-14-16-31-18-20-33-34(24,25)22-5-3-2-4-6-22/h2-6H,7-20H2,1H3. The maximum Gasteiger partial charge on any atom is 0.302 e. The molecule has 0 fully saturated rings. The number of carbonyl (C=O) groups is 1. The van der Waals surface area contributed by atoms with Gasteiger partial charge in [-0.2, -0.15) is 8.42 Å². The average Bonchev–Trinajstić information content (AvgIpc) is 2.82. The predicted molar refractivity (Wildman–Crippen MR) is 121 cm³/mol. The van der Waals surface area contributed by atoms with Crippen LogP contribution in [0.3, 0.4) is 0 Å². The van der Waals surface area contributed by atoms with Gasteiger partial charge in [0.25, 0.3) is 10.1 Å². The Morgan fingerprint density at radius 3 is 1.32 bits per heavy atom. The first-order valence-corrected chi connectivity index (χ1v) is 12.5. The molecule has 1 aromatic carbocycles. The normalized spacial score (nSPS) is 11.6. The lowest BCUT2D eigenvalue weighted by atomic mass is 10.4. The van der Waals surface area contributed by atoms with Gasteiger partial charge in [-0.15, -0.1) is 0 Å². The van der Waals surface area contributed by atoms with Crippen molar-refractivity contribution in [3.8, 4) is 0 Å². The molecule has 0 heterocycles. The van der Waals surface area contributed by atoms with Crippen LogP contribution < -0.4 is 0 Å². The molecule has 1 rings (SSSR count). The summed E-state index contributed by atoms with van der Waals surface area (Å²) in [4.78, 5) is 10.7. The van der Waals surface area contributed by atoms with Gasteiger partial charge >= 0.3 is 5.97 Å². The van der Waals surface area contributed by atoms with Crippen LogP contribution in [0.4, 0.5) is 0 Å². The van der Waals surface area contributed by atoms with Gasteiger partial charge in [-0.3, -0.25) is 8.98 Å². The third-order valence-electron chi connectivity index (χ3n) is 3.89. The summed E-state index contributed by atoms with van der Waals surface area (Å²) < 4.78 is 65.4. The smallest absolute Gasteiger partial charge is 0.302 e. The lowest BCUT2D eigenvalue weighted by Gasteiger charge is -2.08. The molecule has 12 heteroatoms. The van der Waals surface area contributed by atoms with Gasteiger partial charge in [0.05, 0.1) is 90.8 Å². The van der Waals surface area contributed by atoms with Crippen LogP contribution in [-0.2, 0) is 52.3 Å². The summed E-state index contributed by atoms with van der Waals surface area (Å²) >= 11 is 0. The highest BCUT2D eigenvalue weighted by Crippen LogP contribution is 2.10. The lowest BCUT2D eigenvalue weighted by Crippen LogP contribution is -2.15. The molecule has 0 saturated carbocycles. The third-order valence-corrected chi connectivity index (χ3v) is 5.22. The fourth-order valence-electron chi connectivity index (χ4n) is 2.30. The van der Waals surface area contributed by atoms with Crippen LogP contribution in [0.1, 0.15) is 6.92 Å². The molecule has 0 radical (unpaired) electrons. The highest BCUT2D eigenvalue weighted by molar-refractivity contribution is 7.86. The first kappa shape index (κ1) is 30.4. The van der Waals surface area contributed by atoms with Crippen molar-refractivity contribution in [2.75, 3.05) is 92.5 Å². The highest BCUT2D eigenvalue weighted by Gasteiger charge is 2.13. The Morgan fingerprint density at radius 2 is 0.941 bits per heavy atom. The predicted octanol–water partition coefficient (Wildman–Crippen LogP) is 1.05. The molecule has 0 N–H and O–H groups in total. The maximum atomic E-state index is 11.9. The van der Waals surface area contributed by atoms with E-state index in [9.17, 15) is 13.2 Å². The van der Waals surface area contributed by atoms with Crippen molar-refractivity contribution in [3.63, 3.8) is 0 Å². The van der Waals surface area contributed by atoms with Crippen molar-refractivity contribution in [3.05, 3.63) is 30.3 Å². The molecule has 0 aliphatic heterocycles. The molecular weight excluding hydrogens is 472 g/mol. The van der Waals surface area contributed by atoms with Crippen molar-refractivity contribution in [1.82, 2.24) is 0 Å². The second-order valence-electron chi connectivity index (χ2n) is 6.60. The summed E-state index contributed by atoms with van der Waals surface area (Å²) in [6.45, 7) is 6.29. The van der Waals surface area contributed by atoms with Gasteiger partial charge in [0.1, 0.15) is 6.61 Å². The molecule has 0 aliphatic carbocycles. The largest absolute Gasteiger partial charge is 0.463 e. The van der Waals surface area contributed by atoms with Gasteiger partial charge in [0.15, 0.2) is 0 Å². The van der Waals surface area contributed by atoms with Crippen LogP contribution in [0.5, 0.6) is 0 Å². The van der Waals surface area contributed by atoms with E-state index in [-0.39, 0.29) is 30.7 Å². The minimum atomic E-state index is -3.75. The minimum absolute atomic E-state index is 0.0587. The van der Waals surface area contributed by atoms with Gasteiger partial charge in [-0.25, -0.2) is 0 Å². The van der Waals surface area contributed by atoms with E-state index in [2.05, 4.69) is 0 Å². The Bertz CT molecular complexity index is 713. The third kappa shape index (κ3) is 17.8. The average molecular weight is 509 g/mol. The number of hydrogen-bond acceptors (Lipinski definition) is 11. The van der Waals surface area contributed by atoms with Crippen molar-refractivity contribution in [2.24, 2.45) is 0 Å². The van der Waals surface area contributed by atoms with E-state index in [0.717, 1.165) is 0 Å². The van der Waals surface area contributed by atoms with Gasteiger partial charge in [0.2, 0.25) is 0 Å². The number of benzene rings is 1. The number of rotatable bonds is 23. The molecular formula is C22H36O11S. The SMILES string of the molecule is CC(=O)OCCOCCOCCOCCOCCOCCOCCOS(=O)(=O)c1ccccc1. The Morgan fingerprint density at radius 1 is 0.588 bits per heavy atom. The van der Waals surface area contributed by atoms with Crippen LogP contribution in [-0.4, -0.2) is 107 Å². The molecule has 34 heavy (non-hydrogen) atoms. The molecule has 0 saturated heterocycles. The van der Waals surface area contributed by atoms with Gasteiger partial charge < -0.3 is 33.2 Å². The first-order valence-electron chi connectivity index (χ1n) is 11.1. The number of hydrogen-bond donors (Lipinski definition) is 0. The Kier molecular flexibility index (Phi) is 18.5. The molecule has 0 amide bonds. The minimum Gasteiger partial charge on any atom is -0.463 e. The van der Waals surface area contributed by atoms with E-state index in [1.165, 1.54) is 19.1 Å². The van der Waals surface area contributed by atoms with Gasteiger partial charge in [0, 0.05) is 6.92 Å². The molecule has 0 spiro atoms. The number of esters is 1. The van der Waals surface area contributed by atoms with Crippen molar-refractivity contribution in [2.45, 2.75) is 11.8 Å². The molecule has 0 unspecified atom stereocenters. The van der Waals surface area contributed by atoms with Crippen LogP contribution in [0, 0.1) is 0 Å². The highest BCUT2D eigenvalue weighted by atomic mass is 32.2. The van der Waals surface area contributed by atoms with Crippen molar-refractivity contribution < 1.29 is 50.6 Å². The molecule has 1 aromatic rings. The fraction of sp³-hybridized carbons (Fsp3) is 0.682. The maximum absolute atomic E-state index is 11.9. The molecule has 196 valence electrons. The second-order valence-corrected chi connectivity index (χ2v) is 8.22. The van der Waals surface area contributed by atoms with E-state index in [0.29, 0.717) is 72.7 Å². The summed E-state index contributed by atoms with van der Waals surface area (Å²) in [7, 11) is -3.75. The van der Waals surface area contributed by atoms with E-state index < -0.39 is 10.1 Å². The summed E-state index contributed by atoms with van der Waals surface area (Å²) in [5.41, 5.74) is 0. The number of ether oxygens (including phenoxy) is 7. The molecule has 0 aromatic heterocycles. The zero-order valence-corrected chi connectivity index (χ0v) is 20.5. The Labute approximate surface area is 201 Å². The van der Waals surface area contributed by atoms with Crippen LogP contribution in [0.15, 0.2) is 35.2 Å².